The molecule has 9 heteroatoms. The van der Waals surface area contributed by atoms with Crippen LogP contribution >= 0.6 is 23.1 Å². The Morgan fingerprint density at radius 2 is 1.93 bits per heavy atom. The molecule has 0 fully saturated rings. The third-order valence-corrected chi connectivity index (χ3v) is 5.34. The lowest BCUT2D eigenvalue weighted by Crippen LogP contribution is -2.24. The molecule has 0 atom stereocenters. The molecule has 4 nitrogen and oxygen atoms in total. The van der Waals surface area contributed by atoms with Gasteiger partial charge < -0.3 is 5.32 Å². The molecule has 0 aliphatic heterocycles. The fourth-order valence-electron chi connectivity index (χ4n) is 2.11. The molecular weight excluding hydrogens is 395 g/mol. The molecule has 0 unspecified atom stereocenters. The highest BCUT2D eigenvalue weighted by atomic mass is 32.2. The van der Waals surface area contributed by atoms with Gasteiger partial charge in [-0.3, -0.25) is 4.79 Å². The van der Waals surface area contributed by atoms with Crippen LogP contribution < -0.4 is 5.32 Å². The Morgan fingerprint density at radius 1 is 1.15 bits per heavy atom. The zero-order valence-electron chi connectivity index (χ0n) is 13.9. The molecule has 0 aliphatic carbocycles. The minimum atomic E-state index is -4.42. The molecule has 1 aromatic carbocycles. The van der Waals surface area contributed by atoms with Crippen LogP contribution in [0.2, 0.25) is 0 Å². The average Bonchev–Trinajstić information content (AvgIpc) is 3.14. The van der Waals surface area contributed by atoms with Gasteiger partial charge in [0.05, 0.1) is 28.6 Å². The number of carbonyl (C=O) groups is 1. The number of nitrogens with one attached hydrogen (secondary N) is 1. The van der Waals surface area contributed by atoms with E-state index in [0.29, 0.717) is 11.6 Å². The van der Waals surface area contributed by atoms with Crippen molar-refractivity contribution in [3.8, 4) is 10.6 Å². The second kappa shape index (κ2) is 8.53. The monoisotopic (exact) mass is 409 g/mol. The Kier molecular flexibility index (Phi) is 6.12. The van der Waals surface area contributed by atoms with Crippen LogP contribution in [0, 0.1) is 0 Å². The van der Waals surface area contributed by atoms with E-state index in [4.69, 9.17) is 0 Å². The molecule has 2 heterocycles. The zero-order valence-corrected chi connectivity index (χ0v) is 15.5. The highest BCUT2D eigenvalue weighted by Crippen LogP contribution is 2.29. The number of thiazole rings is 1. The van der Waals surface area contributed by atoms with Crippen molar-refractivity contribution in [3.63, 3.8) is 0 Å². The summed E-state index contributed by atoms with van der Waals surface area (Å²) in [6, 6.07) is 11.9. The first-order chi connectivity index (χ1) is 12.9. The molecule has 3 aromatic rings. The number of hydrogen-bond acceptors (Lipinski definition) is 5. The second-order valence-electron chi connectivity index (χ2n) is 5.46. The van der Waals surface area contributed by atoms with Gasteiger partial charge in [0.1, 0.15) is 5.01 Å². The Bertz CT molecular complexity index is 896. The highest BCUT2D eigenvalue weighted by molar-refractivity contribution is 7.99. The maximum atomic E-state index is 12.5. The van der Waals surface area contributed by atoms with Gasteiger partial charge in [-0.25, -0.2) is 9.97 Å². The predicted octanol–water partition coefficient (Wildman–Crippen LogP) is 4.63. The van der Waals surface area contributed by atoms with Crippen LogP contribution in [0.1, 0.15) is 11.3 Å². The average molecular weight is 409 g/mol. The van der Waals surface area contributed by atoms with Crippen LogP contribution in [0.25, 0.3) is 10.6 Å². The number of pyridine rings is 1. The third kappa shape index (κ3) is 5.54. The lowest BCUT2D eigenvalue weighted by Gasteiger charge is -2.07. The topological polar surface area (TPSA) is 54.9 Å². The van der Waals surface area contributed by atoms with Crippen molar-refractivity contribution in [2.45, 2.75) is 17.7 Å². The summed E-state index contributed by atoms with van der Waals surface area (Å²) < 4.78 is 37.5. The van der Waals surface area contributed by atoms with E-state index in [1.807, 2.05) is 35.7 Å². The van der Waals surface area contributed by atoms with Gasteiger partial charge in [0.15, 0.2) is 0 Å². The van der Waals surface area contributed by atoms with Crippen molar-refractivity contribution in [1.82, 2.24) is 15.3 Å². The summed E-state index contributed by atoms with van der Waals surface area (Å²) in [5, 5.41) is 5.87. The lowest BCUT2D eigenvalue weighted by molar-refractivity contribution is -0.137. The normalized spacial score (nSPS) is 11.4. The quantitative estimate of drug-likeness (QED) is 0.603. The number of halogens is 3. The van der Waals surface area contributed by atoms with Gasteiger partial charge in [-0.1, -0.05) is 42.1 Å². The van der Waals surface area contributed by atoms with Crippen LogP contribution in [-0.2, 0) is 17.5 Å². The van der Waals surface area contributed by atoms with E-state index in [9.17, 15) is 18.0 Å². The summed E-state index contributed by atoms with van der Waals surface area (Å²) in [6.07, 6.45) is -3.65. The molecule has 1 amide bonds. The number of alkyl halides is 3. The van der Waals surface area contributed by atoms with Gasteiger partial charge in [0, 0.05) is 17.1 Å². The maximum absolute atomic E-state index is 12.5. The molecule has 140 valence electrons. The molecule has 3 rings (SSSR count). The molecular formula is C18H14F3N3OS2. The van der Waals surface area contributed by atoms with Crippen LogP contribution in [0.5, 0.6) is 0 Å². The van der Waals surface area contributed by atoms with Crippen molar-refractivity contribution in [1.29, 1.82) is 0 Å². The molecule has 0 radical (unpaired) electrons. The van der Waals surface area contributed by atoms with E-state index >= 15 is 0 Å². The Morgan fingerprint density at radius 3 is 2.59 bits per heavy atom. The summed E-state index contributed by atoms with van der Waals surface area (Å²) in [4.78, 5) is 20.1. The fraction of sp³-hybridized carbons (Fsp3) is 0.167. The van der Waals surface area contributed by atoms with E-state index in [-0.39, 0.29) is 11.7 Å². The lowest BCUT2D eigenvalue weighted by atomic mass is 10.2. The number of rotatable bonds is 6. The van der Waals surface area contributed by atoms with E-state index in [0.717, 1.165) is 40.3 Å². The number of benzene rings is 1. The van der Waals surface area contributed by atoms with Gasteiger partial charge in [-0.15, -0.1) is 11.3 Å². The SMILES string of the molecule is O=C(CSc1ccc(C(F)(F)F)cn1)NCc1csc(-c2ccccc2)n1. The number of hydrogen-bond donors (Lipinski definition) is 1. The summed E-state index contributed by atoms with van der Waals surface area (Å²) in [5.74, 6) is -0.176. The molecule has 0 saturated carbocycles. The second-order valence-corrected chi connectivity index (χ2v) is 7.31. The summed E-state index contributed by atoms with van der Waals surface area (Å²) in [7, 11) is 0. The molecule has 0 bridgehead atoms. The number of nitrogens with zero attached hydrogens (tertiary/aromatic N) is 2. The molecule has 1 N–H and O–H groups in total. The standard InChI is InChI=1S/C18H14F3N3OS2/c19-18(20,21)13-6-7-16(23-8-13)26-11-15(25)22-9-14-10-27-17(24-14)12-4-2-1-3-5-12/h1-8,10H,9,11H2,(H,22,25). The van der Waals surface area contributed by atoms with E-state index < -0.39 is 11.7 Å². The summed E-state index contributed by atoms with van der Waals surface area (Å²) in [5.41, 5.74) is 0.961. The van der Waals surface area contributed by atoms with Crippen molar-refractivity contribution in [3.05, 3.63) is 65.3 Å². The van der Waals surface area contributed by atoms with Crippen molar-refractivity contribution in [2.75, 3.05) is 5.75 Å². The van der Waals surface area contributed by atoms with Crippen LogP contribution in [0.4, 0.5) is 13.2 Å². The predicted molar refractivity (Wildman–Crippen MR) is 99.4 cm³/mol. The largest absolute Gasteiger partial charge is 0.417 e. The summed E-state index contributed by atoms with van der Waals surface area (Å²) in [6.45, 7) is 0.295. The van der Waals surface area contributed by atoms with Crippen molar-refractivity contribution < 1.29 is 18.0 Å². The Labute approximate surface area is 161 Å². The highest BCUT2D eigenvalue weighted by Gasteiger charge is 2.30. The van der Waals surface area contributed by atoms with Crippen LogP contribution in [0.3, 0.4) is 0 Å². The fourth-order valence-corrected chi connectivity index (χ4v) is 3.61. The first-order valence-corrected chi connectivity index (χ1v) is 9.71. The van der Waals surface area contributed by atoms with Crippen molar-refractivity contribution >= 4 is 29.0 Å². The first-order valence-electron chi connectivity index (χ1n) is 7.84. The van der Waals surface area contributed by atoms with E-state index in [1.165, 1.54) is 17.4 Å². The minimum absolute atomic E-state index is 0.0635. The molecule has 2 aromatic heterocycles. The molecule has 27 heavy (non-hydrogen) atoms. The first kappa shape index (κ1) is 19.4. The Hall–Kier alpha value is -2.39. The minimum Gasteiger partial charge on any atom is -0.350 e. The Balaban J connectivity index is 1.47. The molecule has 0 aliphatic rings. The van der Waals surface area contributed by atoms with Crippen LogP contribution in [-0.4, -0.2) is 21.6 Å². The van der Waals surface area contributed by atoms with Gasteiger partial charge in [0.25, 0.3) is 0 Å². The zero-order chi connectivity index (χ0) is 19.3. The van der Waals surface area contributed by atoms with E-state index in [2.05, 4.69) is 15.3 Å². The van der Waals surface area contributed by atoms with Gasteiger partial charge in [0.2, 0.25) is 5.91 Å². The number of thioether (sulfide) groups is 1. The smallest absolute Gasteiger partial charge is 0.350 e. The van der Waals surface area contributed by atoms with Crippen molar-refractivity contribution in [2.24, 2.45) is 0 Å². The number of amides is 1. The maximum Gasteiger partial charge on any atom is 0.417 e. The number of carbonyl (C=O) groups excluding carboxylic acids is 1. The van der Waals surface area contributed by atoms with Gasteiger partial charge >= 0.3 is 6.18 Å². The number of aromatic nitrogens is 2. The van der Waals surface area contributed by atoms with Gasteiger partial charge in [-0.2, -0.15) is 13.2 Å². The summed E-state index contributed by atoms with van der Waals surface area (Å²) >= 11 is 2.58. The third-order valence-electron chi connectivity index (χ3n) is 3.45. The van der Waals surface area contributed by atoms with Gasteiger partial charge in [-0.05, 0) is 12.1 Å². The van der Waals surface area contributed by atoms with Crippen LogP contribution in [0.15, 0.2) is 59.1 Å². The van der Waals surface area contributed by atoms with E-state index in [1.54, 1.807) is 0 Å². The molecule has 0 saturated heterocycles. The molecule has 0 spiro atoms.